The fourth-order valence-corrected chi connectivity index (χ4v) is 3.31. The van der Waals surface area contributed by atoms with Gasteiger partial charge in [-0.1, -0.05) is 24.3 Å². The number of piperidine rings is 1. The van der Waals surface area contributed by atoms with Crippen molar-refractivity contribution in [2.24, 2.45) is 5.92 Å². The van der Waals surface area contributed by atoms with Crippen LogP contribution in [0.3, 0.4) is 0 Å². The largest absolute Gasteiger partial charge is 0.507 e. The Morgan fingerprint density at radius 3 is 2.48 bits per heavy atom. The Hall–Kier alpha value is -2.56. The van der Waals surface area contributed by atoms with Gasteiger partial charge in [-0.15, -0.1) is 0 Å². The highest BCUT2D eigenvalue weighted by molar-refractivity contribution is 6.01. The Labute approximate surface area is 134 Å². The Bertz CT molecular complexity index is 771. The van der Waals surface area contributed by atoms with E-state index in [-0.39, 0.29) is 23.3 Å². The van der Waals surface area contributed by atoms with Gasteiger partial charge in [0.25, 0.3) is 5.91 Å². The van der Waals surface area contributed by atoms with Crippen LogP contribution in [0.1, 0.15) is 30.1 Å². The van der Waals surface area contributed by atoms with Crippen LogP contribution < -0.4 is 0 Å². The Balaban J connectivity index is 1.96. The van der Waals surface area contributed by atoms with Crippen LogP contribution in [0.25, 0.3) is 10.8 Å². The summed E-state index contributed by atoms with van der Waals surface area (Å²) >= 11 is 0. The fraction of sp³-hybridized carbons (Fsp3) is 0.333. The quantitative estimate of drug-likeness (QED) is 0.893. The van der Waals surface area contributed by atoms with Gasteiger partial charge in [0.2, 0.25) is 0 Å². The van der Waals surface area contributed by atoms with E-state index in [1.807, 2.05) is 24.3 Å². The second-order valence-electron chi connectivity index (χ2n) is 6.04. The molecule has 0 saturated carbocycles. The molecule has 120 valence electrons. The van der Waals surface area contributed by atoms with Crippen molar-refractivity contribution in [3.63, 3.8) is 0 Å². The van der Waals surface area contributed by atoms with Crippen molar-refractivity contribution in [2.45, 2.75) is 25.8 Å². The van der Waals surface area contributed by atoms with E-state index in [4.69, 9.17) is 0 Å². The molecule has 1 saturated heterocycles. The molecular weight excluding hydrogens is 294 g/mol. The lowest BCUT2D eigenvalue weighted by Crippen LogP contribution is -2.49. The molecule has 23 heavy (non-hydrogen) atoms. The van der Waals surface area contributed by atoms with E-state index in [0.29, 0.717) is 19.4 Å². The van der Waals surface area contributed by atoms with Gasteiger partial charge in [-0.3, -0.25) is 9.59 Å². The fourth-order valence-electron chi connectivity index (χ4n) is 3.31. The number of fused-ring (bicyclic) bond motifs is 1. The minimum Gasteiger partial charge on any atom is -0.507 e. The molecule has 0 bridgehead atoms. The molecule has 5 heteroatoms. The molecule has 1 amide bonds. The zero-order valence-electron chi connectivity index (χ0n) is 12.9. The smallest absolute Gasteiger partial charge is 0.308 e. The lowest BCUT2D eigenvalue weighted by molar-refractivity contribution is -0.144. The van der Waals surface area contributed by atoms with Crippen LogP contribution in [0.15, 0.2) is 36.4 Å². The highest BCUT2D eigenvalue weighted by atomic mass is 16.4. The number of hydrogen-bond donors (Lipinski definition) is 2. The second kappa shape index (κ2) is 5.91. The number of likely N-dealkylation sites (tertiary alicyclic amines) is 1. The zero-order valence-corrected chi connectivity index (χ0v) is 12.9. The number of carboxylic acids is 1. The third-order valence-electron chi connectivity index (χ3n) is 4.66. The maximum atomic E-state index is 12.8. The van der Waals surface area contributed by atoms with Gasteiger partial charge >= 0.3 is 5.97 Å². The molecular formula is C18H19NO4. The molecule has 1 aliphatic rings. The average Bonchev–Trinajstić information content (AvgIpc) is 2.53. The summed E-state index contributed by atoms with van der Waals surface area (Å²) in [6.45, 7) is 2.27. The number of aliphatic carboxylic acids is 1. The number of carbonyl (C=O) groups is 2. The first kappa shape index (κ1) is 15.3. The molecule has 5 nitrogen and oxygen atoms in total. The van der Waals surface area contributed by atoms with Gasteiger partial charge in [0.1, 0.15) is 5.75 Å². The molecule has 3 rings (SSSR count). The summed E-state index contributed by atoms with van der Waals surface area (Å²) in [6, 6.07) is 10.3. The summed E-state index contributed by atoms with van der Waals surface area (Å²) in [5, 5.41) is 21.2. The van der Waals surface area contributed by atoms with Crippen LogP contribution in [0.4, 0.5) is 0 Å². The van der Waals surface area contributed by atoms with Crippen LogP contribution in [0.2, 0.25) is 0 Å². The normalized spacial score (nSPS) is 21.3. The number of phenols is 1. The van der Waals surface area contributed by atoms with Gasteiger partial charge in [0.15, 0.2) is 0 Å². The van der Waals surface area contributed by atoms with E-state index >= 15 is 0 Å². The molecule has 1 heterocycles. The number of phenolic OH excluding ortho intramolecular Hbond substituents is 1. The Kier molecular flexibility index (Phi) is 3.94. The first-order valence-corrected chi connectivity index (χ1v) is 7.74. The van der Waals surface area contributed by atoms with Crippen molar-refractivity contribution in [2.75, 3.05) is 6.54 Å². The number of nitrogens with zero attached hydrogens (tertiary/aromatic N) is 1. The van der Waals surface area contributed by atoms with Crippen molar-refractivity contribution in [3.8, 4) is 5.75 Å². The minimum atomic E-state index is -0.877. The second-order valence-corrected chi connectivity index (χ2v) is 6.04. The van der Waals surface area contributed by atoms with Gasteiger partial charge in [0, 0.05) is 12.6 Å². The monoisotopic (exact) mass is 313 g/mol. The van der Waals surface area contributed by atoms with Gasteiger partial charge in [-0.25, -0.2) is 0 Å². The van der Waals surface area contributed by atoms with Crippen LogP contribution in [0.5, 0.6) is 5.75 Å². The van der Waals surface area contributed by atoms with Crippen LogP contribution in [-0.4, -0.2) is 39.6 Å². The molecule has 2 atom stereocenters. The lowest BCUT2D eigenvalue weighted by Gasteiger charge is -2.37. The number of carbonyl (C=O) groups excluding carboxylic acids is 1. The highest BCUT2D eigenvalue weighted by Gasteiger charge is 2.36. The van der Waals surface area contributed by atoms with Gasteiger partial charge in [-0.2, -0.15) is 0 Å². The average molecular weight is 313 g/mol. The van der Waals surface area contributed by atoms with Crippen molar-refractivity contribution in [1.29, 1.82) is 0 Å². The molecule has 0 aliphatic carbocycles. The summed E-state index contributed by atoms with van der Waals surface area (Å²) in [5.74, 6) is -1.82. The number of carboxylic acid groups (broad SMARTS) is 1. The van der Waals surface area contributed by atoms with Gasteiger partial charge < -0.3 is 15.1 Å². The predicted octanol–water partition coefficient (Wildman–Crippen LogP) is 2.87. The summed E-state index contributed by atoms with van der Waals surface area (Å²) in [7, 11) is 0. The van der Waals surface area contributed by atoms with E-state index in [1.54, 1.807) is 24.0 Å². The van der Waals surface area contributed by atoms with Crippen molar-refractivity contribution in [1.82, 2.24) is 4.90 Å². The van der Waals surface area contributed by atoms with Crippen molar-refractivity contribution < 1.29 is 19.8 Å². The minimum absolute atomic E-state index is 0.0710. The third-order valence-corrected chi connectivity index (χ3v) is 4.66. The van der Waals surface area contributed by atoms with E-state index in [0.717, 1.165) is 10.8 Å². The molecule has 1 aliphatic heterocycles. The number of benzene rings is 2. The molecule has 2 aromatic rings. The first-order chi connectivity index (χ1) is 11.0. The summed E-state index contributed by atoms with van der Waals surface area (Å²) < 4.78 is 0. The predicted molar refractivity (Wildman–Crippen MR) is 86.5 cm³/mol. The van der Waals surface area contributed by atoms with Crippen LogP contribution >= 0.6 is 0 Å². The summed E-state index contributed by atoms with van der Waals surface area (Å²) in [5.41, 5.74) is 0.224. The van der Waals surface area contributed by atoms with Gasteiger partial charge in [0.05, 0.1) is 11.5 Å². The maximum absolute atomic E-state index is 12.8. The number of hydrogen-bond acceptors (Lipinski definition) is 3. The SMILES string of the molecule is C[C@@H]1[C@H](C(=O)O)CCCN1C(=O)c1cc2ccccc2cc1O. The van der Waals surface area contributed by atoms with Crippen LogP contribution in [-0.2, 0) is 4.79 Å². The zero-order chi connectivity index (χ0) is 16.6. The topological polar surface area (TPSA) is 77.8 Å². The summed E-state index contributed by atoms with van der Waals surface area (Å²) in [4.78, 5) is 25.7. The molecule has 0 aromatic heterocycles. The molecule has 2 N–H and O–H groups in total. The van der Waals surface area contributed by atoms with E-state index in [1.165, 1.54) is 0 Å². The standard InChI is InChI=1S/C18H19NO4/c1-11-14(18(22)23)7-4-8-19(11)17(21)15-9-12-5-2-3-6-13(12)10-16(15)20/h2-3,5-6,9-11,14,20H,4,7-8H2,1H3,(H,22,23)/t11-,14-/m1/s1. The maximum Gasteiger partial charge on any atom is 0.308 e. The molecule has 0 radical (unpaired) electrons. The Morgan fingerprint density at radius 1 is 1.17 bits per heavy atom. The number of rotatable bonds is 2. The highest BCUT2D eigenvalue weighted by Crippen LogP contribution is 2.30. The molecule has 0 unspecified atom stereocenters. The van der Waals surface area contributed by atoms with Crippen molar-refractivity contribution >= 4 is 22.6 Å². The molecule has 0 spiro atoms. The summed E-state index contributed by atoms with van der Waals surface area (Å²) in [6.07, 6.45) is 1.23. The van der Waals surface area contributed by atoms with Crippen molar-refractivity contribution in [3.05, 3.63) is 42.0 Å². The van der Waals surface area contributed by atoms with E-state index in [2.05, 4.69) is 0 Å². The Morgan fingerprint density at radius 2 is 1.83 bits per heavy atom. The van der Waals surface area contributed by atoms with Gasteiger partial charge in [-0.05, 0) is 42.7 Å². The van der Waals surface area contributed by atoms with E-state index in [9.17, 15) is 19.8 Å². The molecule has 1 fully saturated rings. The number of aromatic hydroxyl groups is 1. The lowest BCUT2D eigenvalue weighted by atomic mass is 9.89. The molecule has 2 aromatic carbocycles. The van der Waals surface area contributed by atoms with Crippen LogP contribution in [0, 0.1) is 5.92 Å². The third kappa shape index (κ3) is 2.74. The number of amides is 1. The van der Waals surface area contributed by atoms with E-state index < -0.39 is 11.9 Å². The first-order valence-electron chi connectivity index (χ1n) is 7.74.